The molecule has 0 amide bonds. The van der Waals surface area contributed by atoms with Crippen LogP contribution in [0.25, 0.3) is 0 Å². The van der Waals surface area contributed by atoms with Crippen LogP contribution < -0.4 is 29.6 Å². The Balaban J connectivity index is 0.000000755. The molecule has 1 heteroatoms. The Labute approximate surface area is 175 Å². The van der Waals surface area contributed by atoms with Gasteiger partial charge in [-0.3, -0.25) is 0 Å². The number of fused-ring (bicyclic) bond motifs is 5. The number of hydrogen-bond donors (Lipinski definition) is 0. The third kappa shape index (κ3) is 4.17. The normalized spacial score (nSPS) is 41.0. The van der Waals surface area contributed by atoms with Crippen molar-refractivity contribution in [3.05, 3.63) is 19.1 Å². The van der Waals surface area contributed by atoms with Crippen molar-refractivity contribution in [2.24, 2.45) is 35.5 Å². The van der Waals surface area contributed by atoms with E-state index >= 15 is 0 Å². The zero-order chi connectivity index (χ0) is 16.2. The second-order valence-corrected chi connectivity index (χ2v) is 8.75. The largest absolute Gasteiger partial charge is 1.00 e. The molecule has 24 heavy (non-hydrogen) atoms. The summed E-state index contributed by atoms with van der Waals surface area (Å²) in [6.07, 6.45) is 20.1. The molecule has 0 heterocycles. The van der Waals surface area contributed by atoms with Gasteiger partial charge in [0.05, 0.1) is 0 Å². The second-order valence-electron chi connectivity index (χ2n) is 8.75. The first kappa shape index (κ1) is 21.0. The molecule has 0 nitrogen and oxygen atoms in total. The van der Waals surface area contributed by atoms with E-state index in [0.717, 1.165) is 35.5 Å². The maximum Gasteiger partial charge on any atom is 1.00 e. The van der Waals surface area contributed by atoms with Crippen molar-refractivity contribution in [2.75, 3.05) is 0 Å². The van der Waals surface area contributed by atoms with Gasteiger partial charge in [0.2, 0.25) is 0 Å². The van der Waals surface area contributed by atoms with Crippen LogP contribution >= 0.6 is 0 Å². The van der Waals surface area contributed by atoms with Gasteiger partial charge in [-0.1, -0.05) is 77.0 Å². The fourth-order valence-corrected chi connectivity index (χ4v) is 7.07. The van der Waals surface area contributed by atoms with Crippen LogP contribution in [0.4, 0.5) is 0 Å². The molecule has 0 aromatic rings. The quantitative estimate of drug-likeness (QED) is 0.404. The summed E-state index contributed by atoms with van der Waals surface area (Å²) in [5, 5.41) is 0. The first-order chi connectivity index (χ1) is 11.4. The van der Waals surface area contributed by atoms with Crippen molar-refractivity contribution < 1.29 is 31.0 Å². The molecule has 4 saturated carbocycles. The van der Waals surface area contributed by atoms with E-state index in [-0.39, 0.29) is 31.0 Å². The average Bonchev–Trinajstić information content (AvgIpc) is 3.04. The third-order valence-corrected chi connectivity index (χ3v) is 7.95. The molecule has 6 unspecified atom stereocenters. The molecule has 0 aromatic heterocycles. The van der Waals surface area contributed by atoms with Crippen molar-refractivity contribution in [3.63, 3.8) is 0 Å². The minimum Gasteiger partial charge on any atom is -0.307 e. The molecule has 4 aliphatic carbocycles. The van der Waals surface area contributed by atoms with Crippen molar-refractivity contribution >= 4 is 0 Å². The van der Waals surface area contributed by atoms with Gasteiger partial charge < -0.3 is 5.92 Å². The van der Waals surface area contributed by atoms with Gasteiger partial charge in [-0.25, -0.2) is 0 Å². The maximum atomic E-state index is 3.00. The molecule has 0 N–H and O–H groups in total. The van der Waals surface area contributed by atoms with E-state index < -0.39 is 0 Å². The molecule has 6 atom stereocenters. The van der Waals surface area contributed by atoms with E-state index in [1.807, 2.05) is 0 Å². The number of hydrogen-bond acceptors (Lipinski definition) is 0. The van der Waals surface area contributed by atoms with Crippen LogP contribution in [0.1, 0.15) is 91.8 Å². The topological polar surface area (TPSA) is 0 Å². The first-order valence-corrected chi connectivity index (χ1v) is 10.7. The smallest absolute Gasteiger partial charge is 0.307 e. The standard InChI is InChI=1S/C21H35.C2H4.Na.H2/c1-2-3-6-15-9-11-19-18(15)13-14-20-17-8-5-4-7-16(17)10-12-21(19)20;1-2;;/h15-16,18-21H,2-14H2,1H3;1-2H2;;1H/q-1;;+1;. The predicted molar refractivity (Wildman–Crippen MR) is 103 cm³/mol. The van der Waals surface area contributed by atoms with Gasteiger partial charge in [-0.05, 0) is 30.6 Å². The van der Waals surface area contributed by atoms with E-state index in [4.69, 9.17) is 0 Å². The first-order valence-electron chi connectivity index (χ1n) is 10.7. The van der Waals surface area contributed by atoms with Gasteiger partial charge in [0.15, 0.2) is 0 Å². The zero-order valence-corrected chi connectivity index (χ0v) is 18.6. The Bertz CT molecular complexity index is 371. The van der Waals surface area contributed by atoms with Gasteiger partial charge in [-0.2, -0.15) is 18.3 Å². The van der Waals surface area contributed by atoms with Gasteiger partial charge >= 0.3 is 29.6 Å². The van der Waals surface area contributed by atoms with Crippen molar-refractivity contribution in [3.8, 4) is 0 Å². The molecule has 4 rings (SSSR count). The molecule has 0 bridgehead atoms. The molecular formula is C23H41Na. The van der Waals surface area contributed by atoms with Crippen LogP contribution in [0, 0.1) is 41.4 Å². The van der Waals surface area contributed by atoms with Crippen molar-refractivity contribution in [1.82, 2.24) is 0 Å². The summed E-state index contributed by atoms with van der Waals surface area (Å²) in [5.74, 6) is 8.74. The molecule has 4 aliphatic rings. The average molecular weight is 341 g/mol. The van der Waals surface area contributed by atoms with Gasteiger partial charge in [0.25, 0.3) is 0 Å². The summed E-state index contributed by atoms with van der Waals surface area (Å²) in [5.41, 5.74) is 0. The Hall–Kier alpha value is 0.740. The fraction of sp³-hybridized carbons (Fsp3) is 0.870. The molecule has 0 spiro atoms. The number of rotatable bonds is 3. The summed E-state index contributed by atoms with van der Waals surface area (Å²) in [6.45, 7) is 8.37. The molecule has 0 saturated heterocycles. The monoisotopic (exact) mass is 340 g/mol. The second kappa shape index (κ2) is 10.2. The van der Waals surface area contributed by atoms with Crippen LogP contribution in [-0.2, 0) is 0 Å². The molecule has 0 aromatic carbocycles. The Kier molecular flexibility index (Phi) is 8.92. The molecule has 134 valence electrons. The van der Waals surface area contributed by atoms with Crippen molar-refractivity contribution in [2.45, 2.75) is 90.4 Å². The Morgan fingerprint density at radius 1 is 0.875 bits per heavy atom. The molecule has 0 radical (unpaired) electrons. The van der Waals surface area contributed by atoms with Gasteiger partial charge in [-0.15, -0.1) is 13.2 Å². The summed E-state index contributed by atoms with van der Waals surface area (Å²) in [7, 11) is 0. The number of unbranched alkanes of at least 4 members (excludes halogenated alkanes) is 1. The summed E-state index contributed by atoms with van der Waals surface area (Å²) < 4.78 is 0. The van der Waals surface area contributed by atoms with Crippen LogP contribution in [0.3, 0.4) is 0 Å². The maximum absolute atomic E-state index is 3.00. The summed E-state index contributed by atoms with van der Waals surface area (Å²) >= 11 is 0. The minimum absolute atomic E-state index is 0. The van der Waals surface area contributed by atoms with Crippen molar-refractivity contribution in [1.29, 1.82) is 0 Å². The third-order valence-electron chi connectivity index (χ3n) is 7.95. The Morgan fingerprint density at radius 2 is 1.62 bits per heavy atom. The summed E-state index contributed by atoms with van der Waals surface area (Å²) in [6, 6.07) is 0. The van der Waals surface area contributed by atoms with E-state index in [9.17, 15) is 0 Å². The zero-order valence-electron chi connectivity index (χ0n) is 16.6. The van der Waals surface area contributed by atoms with E-state index in [1.54, 1.807) is 51.4 Å². The van der Waals surface area contributed by atoms with Crippen LogP contribution in [0.15, 0.2) is 13.2 Å². The SMILES string of the molecule is C=C.CCCCC1CCC2C1CCC1[C-]3CCCCC3CCC12.[HH].[Na+]. The molecule has 0 aliphatic heterocycles. The van der Waals surface area contributed by atoms with Gasteiger partial charge in [0, 0.05) is 1.43 Å². The summed E-state index contributed by atoms with van der Waals surface area (Å²) in [4.78, 5) is 0. The van der Waals surface area contributed by atoms with Crippen LogP contribution in [-0.4, -0.2) is 0 Å². The van der Waals surface area contributed by atoms with E-state index in [1.165, 1.54) is 32.1 Å². The predicted octanol–water partition coefficient (Wildman–Crippen LogP) is 4.46. The van der Waals surface area contributed by atoms with Crippen LogP contribution in [0.5, 0.6) is 0 Å². The van der Waals surface area contributed by atoms with Gasteiger partial charge in [0.1, 0.15) is 0 Å². The Morgan fingerprint density at radius 3 is 2.42 bits per heavy atom. The minimum atomic E-state index is 0. The fourth-order valence-electron chi connectivity index (χ4n) is 7.07. The molecular weight excluding hydrogens is 299 g/mol. The van der Waals surface area contributed by atoms with E-state index in [0.29, 0.717) is 0 Å². The molecule has 4 fully saturated rings. The van der Waals surface area contributed by atoms with Crippen LogP contribution in [0.2, 0.25) is 0 Å². The van der Waals surface area contributed by atoms with E-state index in [2.05, 4.69) is 26.0 Å².